The van der Waals surface area contributed by atoms with Crippen LogP contribution >= 0.6 is 11.8 Å². The summed E-state index contributed by atoms with van der Waals surface area (Å²) in [5, 5.41) is 3.40. The van der Waals surface area contributed by atoms with Crippen LogP contribution in [0.2, 0.25) is 0 Å². The molecule has 1 nitrogen and oxygen atoms in total. The average molecular weight is 259 g/mol. The molecule has 3 rings (SSSR count). The zero-order valence-electron chi connectivity index (χ0n) is 10.1. The van der Waals surface area contributed by atoms with Crippen LogP contribution in [-0.2, 0) is 0 Å². The third-order valence-electron chi connectivity index (χ3n) is 3.21. The van der Waals surface area contributed by atoms with Crippen molar-refractivity contribution in [3.05, 3.63) is 59.4 Å². The molecule has 0 spiro atoms. The van der Waals surface area contributed by atoms with Crippen LogP contribution in [0.1, 0.15) is 17.2 Å². The normalized spacial score (nSPS) is 17.6. The fourth-order valence-electron chi connectivity index (χ4n) is 2.17. The fourth-order valence-corrected chi connectivity index (χ4v) is 3.33. The number of rotatable bonds is 2. The first-order valence-electron chi connectivity index (χ1n) is 5.98. The monoisotopic (exact) mass is 259 g/mol. The smallest absolute Gasteiger partial charge is 0.128 e. The van der Waals surface area contributed by atoms with Gasteiger partial charge < -0.3 is 5.32 Å². The van der Waals surface area contributed by atoms with Crippen LogP contribution < -0.4 is 5.32 Å². The Hall–Kier alpha value is -1.48. The number of fused-ring (bicyclic) bond motifs is 1. The zero-order chi connectivity index (χ0) is 12.5. The highest BCUT2D eigenvalue weighted by Crippen LogP contribution is 2.39. The third kappa shape index (κ3) is 2.10. The lowest BCUT2D eigenvalue weighted by Gasteiger charge is -2.15. The van der Waals surface area contributed by atoms with E-state index in [1.54, 1.807) is 13.0 Å². The van der Waals surface area contributed by atoms with E-state index in [1.807, 2.05) is 23.9 Å². The lowest BCUT2D eigenvalue weighted by Crippen LogP contribution is -2.09. The molecule has 1 atom stereocenters. The first-order chi connectivity index (χ1) is 8.74. The molecule has 0 aliphatic carbocycles. The van der Waals surface area contributed by atoms with Gasteiger partial charge in [-0.1, -0.05) is 24.3 Å². The van der Waals surface area contributed by atoms with Crippen LogP contribution in [0.15, 0.2) is 47.4 Å². The molecule has 1 unspecified atom stereocenters. The number of anilines is 1. The quantitative estimate of drug-likeness (QED) is 0.858. The van der Waals surface area contributed by atoms with Crippen molar-refractivity contribution in [1.82, 2.24) is 0 Å². The van der Waals surface area contributed by atoms with Crippen LogP contribution in [0, 0.1) is 12.7 Å². The van der Waals surface area contributed by atoms with Gasteiger partial charge in [-0.2, -0.15) is 0 Å². The van der Waals surface area contributed by atoms with E-state index in [9.17, 15) is 4.39 Å². The molecule has 0 saturated carbocycles. The maximum absolute atomic E-state index is 13.5. The molecule has 0 fully saturated rings. The Morgan fingerprint density at radius 3 is 2.89 bits per heavy atom. The second-order valence-corrected chi connectivity index (χ2v) is 5.57. The van der Waals surface area contributed by atoms with Gasteiger partial charge in [0.15, 0.2) is 0 Å². The minimum Gasteiger partial charge on any atom is -0.377 e. The standard InChI is InChI=1S/C15H14FNS/c1-10-6-7-11(8-13(10)16)17-14-9-18-15-5-3-2-4-12(14)15/h2-8,14,17H,9H2,1H3. The van der Waals surface area contributed by atoms with Gasteiger partial charge in [0.1, 0.15) is 5.82 Å². The third-order valence-corrected chi connectivity index (χ3v) is 4.40. The second kappa shape index (κ2) is 4.65. The Balaban J connectivity index is 1.84. The minimum atomic E-state index is -0.154. The Labute approximate surface area is 110 Å². The SMILES string of the molecule is Cc1ccc(NC2CSc3ccccc32)cc1F. The molecule has 18 heavy (non-hydrogen) atoms. The summed E-state index contributed by atoms with van der Waals surface area (Å²) < 4.78 is 13.5. The Morgan fingerprint density at radius 1 is 1.22 bits per heavy atom. The second-order valence-electron chi connectivity index (χ2n) is 4.51. The topological polar surface area (TPSA) is 12.0 Å². The van der Waals surface area contributed by atoms with Gasteiger partial charge in [0.25, 0.3) is 0 Å². The summed E-state index contributed by atoms with van der Waals surface area (Å²) in [5.74, 6) is 0.841. The predicted molar refractivity (Wildman–Crippen MR) is 74.7 cm³/mol. The first kappa shape index (κ1) is 11.6. The number of benzene rings is 2. The summed E-state index contributed by atoms with van der Waals surface area (Å²) in [6.07, 6.45) is 0. The first-order valence-corrected chi connectivity index (χ1v) is 6.97. The molecule has 0 radical (unpaired) electrons. The van der Waals surface area contributed by atoms with E-state index in [-0.39, 0.29) is 11.9 Å². The van der Waals surface area contributed by atoms with E-state index in [0.717, 1.165) is 11.4 Å². The summed E-state index contributed by atoms with van der Waals surface area (Å²) in [5.41, 5.74) is 2.84. The molecule has 0 aromatic heterocycles. The molecule has 1 heterocycles. The van der Waals surface area contributed by atoms with Gasteiger partial charge in [-0.25, -0.2) is 4.39 Å². The lowest BCUT2D eigenvalue weighted by molar-refractivity contribution is 0.618. The Kier molecular flexibility index (Phi) is 3.00. The Morgan fingerprint density at radius 2 is 2.06 bits per heavy atom. The summed E-state index contributed by atoms with van der Waals surface area (Å²) in [4.78, 5) is 1.32. The lowest BCUT2D eigenvalue weighted by atomic mass is 10.1. The van der Waals surface area contributed by atoms with Gasteiger partial charge >= 0.3 is 0 Å². The fraction of sp³-hybridized carbons (Fsp3) is 0.200. The predicted octanol–water partition coefficient (Wildman–Crippen LogP) is 4.39. The molecule has 2 aromatic carbocycles. The zero-order valence-corrected chi connectivity index (χ0v) is 10.9. The number of nitrogens with one attached hydrogen (secondary N) is 1. The van der Waals surface area contributed by atoms with Crippen molar-refractivity contribution in [1.29, 1.82) is 0 Å². The molecule has 0 saturated heterocycles. The maximum Gasteiger partial charge on any atom is 0.128 e. The van der Waals surface area contributed by atoms with Crippen molar-refractivity contribution in [3.63, 3.8) is 0 Å². The summed E-state index contributed by atoms with van der Waals surface area (Å²) in [6, 6.07) is 14.0. The molecule has 3 heteroatoms. The number of halogens is 1. The molecule has 1 N–H and O–H groups in total. The number of thioether (sulfide) groups is 1. The van der Waals surface area contributed by atoms with E-state index in [4.69, 9.17) is 0 Å². The largest absolute Gasteiger partial charge is 0.377 e. The molecular formula is C15H14FNS. The van der Waals surface area contributed by atoms with Gasteiger partial charge in [-0.3, -0.25) is 0 Å². The number of aryl methyl sites for hydroxylation is 1. The molecule has 0 amide bonds. The Bertz CT molecular complexity index is 582. The van der Waals surface area contributed by atoms with E-state index in [2.05, 4.69) is 29.6 Å². The van der Waals surface area contributed by atoms with Crippen molar-refractivity contribution in [3.8, 4) is 0 Å². The van der Waals surface area contributed by atoms with E-state index < -0.39 is 0 Å². The van der Waals surface area contributed by atoms with Crippen molar-refractivity contribution < 1.29 is 4.39 Å². The number of hydrogen-bond donors (Lipinski definition) is 1. The highest BCUT2D eigenvalue weighted by Gasteiger charge is 2.22. The highest BCUT2D eigenvalue weighted by atomic mass is 32.2. The minimum absolute atomic E-state index is 0.154. The summed E-state index contributed by atoms with van der Waals surface area (Å²) >= 11 is 1.85. The number of hydrogen-bond acceptors (Lipinski definition) is 2. The molecule has 2 aromatic rings. The molecule has 1 aliphatic heterocycles. The van der Waals surface area contributed by atoms with Crippen LogP contribution in [0.25, 0.3) is 0 Å². The van der Waals surface area contributed by atoms with E-state index in [1.165, 1.54) is 10.5 Å². The van der Waals surface area contributed by atoms with Gasteiger partial charge in [0.05, 0.1) is 6.04 Å². The molecule has 1 aliphatic rings. The van der Waals surface area contributed by atoms with Gasteiger partial charge in [-0.15, -0.1) is 11.8 Å². The van der Waals surface area contributed by atoms with Crippen LogP contribution in [0.5, 0.6) is 0 Å². The van der Waals surface area contributed by atoms with Gasteiger partial charge in [0, 0.05) is 16.3 Å². The molecular weight excluding hydrogens is 245 g/mol. The van der Waals surface area contributed by atoms with Crippen molar-refractivity contribution >= 4 is 17.4 Å². The average Bonchev–Trinajstić information content (AvgIpc) is 2.78. The maximum atomic E-state index is 13.5. The summed E-state index contributed by atoms with van der Waals surface area (Å²) in [6.45, 7) is 1.78. The molecule has 92 valence electrons. The van der Waals surface area contributed by atoms with E-state index >= 15 is 0 Å². The van der Waals surface area contributed by atoms with Crippen LogP contribution in [-0.4, -0.2) is 5.75 Å². The molecule has 0 bridgehead atoms. The van der Waals surface area contributed by atoms with Crippen LogP contribution in [0.4, 0.5) is 10.1 Å². The van der Waals surface area contributed by atoms with Gasteiger partial charge in [0.2, 0.25) is 0 Å². The van der Waals surface area contributed by atoms with E-state index in [0.29, 0.717) is 5.56 Å². The highest BCUT2D eigenvalue weighted by molar-refractivity contribution is 7.99. The van der Waals surface area contributed by atoms with Crippen molar-refractivity contribution in [2.24, 2.45) is 0 Å². The van der Waals surface area contributed by atoms with Crippen LogP contribution in [0.3, 0.4) is 0 Å². The summed E-state index contributed by atoms with van der Waals surface area (Å²) in [7, 11) is 0. The van der Waals surface area contributed by atoms with Gasteiger partial charge in [-0.05, 0) is 36.2 Å². The van der Waals surface area contributed by atoms with Crippen molar-refractivity contribution in [2.75, 3.05) is 11.1 Å². The van der Waals surface area contributed by atoms with Crippen molar-refractivity contribution in [2.45, 2.75) is 17.9 Å².